The molecule has 5 rings (SSSR count). The molecule has 0 bridgehead atoms. The van der Waals surface area contributed by atoms with Crippen LogP contribution in [0.1, 0.15) is 5.82 Å². The van der Waals surface area contributed by atoms with Gasteiger partial charge in [0.2, 0.25) is 11.5 Å². The zero-order valence-corrected chi connectivity index (χ0v) is 20.6. The number of carboxylic acid groups (broad SMARTS) is 1. The monoisotopic (exact) mass is 549 g/mol. The van der Waals surface area contributed by atoms with Gasteiger partial charge in [-0.15, -0.1) is 38.4 Å². The van der Waals surface area contributed by atoms with Crippen LogP contribution >= 0.6 is 35.1 Å². The van der Waals surface area contributed by atoms with Crippen LogP contribution in [-0.4, -0.2) is 98.1 Å². The molecule has 2 aliphatic rings. The second-order valence-corrected chi connectivity index (χ2v) is 10.1. The Morgan fingerprint density at radius 3 is 2.97 bits per heavy atom. The number of carboxylic acids is 1. The summed E-state index contributed by atoms with van der Waals surface area (Å²) in [6.45, 7) is 0. The Bertz CT molecular complexity index is 1440. The van der Waals surface area contributed by atoms with Crippen molar-refractivity contribution in [3.05, 3.63) is 29.2 Å². The number of aliphatic carboxylic acids is 1. The van der Waals surface area contributed by atoms with Gasteiger partial charge < -0.3 is 21.0 Å². The molecule has 0 radical (unpaired) electrons. The van der Waals surface area contributed by atoms with Gasteiger partial charge in [-0.05, 0) is 28.1 Å². The van der Waals surface area contributed by atoms with Crippen LogP contribution in [-0.2, 0) is 19.2 Å². The predicted molar refractivity (Wildman–Crippen MR) is 127 cm³/mol. The van der Waals surface area contributed by atoms with E-state index in [-0.39, 0.29) is 28.1 Å². The lowest BCUT2D eigenvalue weighted by Gasteiger charge is -2.49. The molecule has 0 aromatic carbocycles. The molecular weight excluding hydrogens is 534 g/mol. The molecule has 2 amide bonds. The molecule has 4 N–H and O–H groups in total. The van der Waals surface area contributed by atoms with E-state index in [2.05, 4.69) is 40.5 Å². The number of nitrogen functional groups attached to an aromatic ring is 1. The second kappa shape index (κ2) is 9.66. The number of anilines is 1. The standard InChI is InChI=1S/C17H15N11O5S3/c1-33-23-9(12-20-17(18)36-24-12)13(29)19-10-14(30)27-11(16(31)32)6(5-35-15(10)27)4-34-8-3-2-7-21-25-26-28(7)22-8/h2-3,10,15H,4-5H2,1H3,(H,19,29)(H,31,32)(H2,18,20,24)/t10?,15-/m1/s1. The maximum Gasteiger partial charge on any atom is 0.352 e. The van der Waals surface area contributed by atoms with Crippen LogP contribution in [0.3, 0.4) is 0 Å². The van der Waals surface area contributed by atoms with Crippen molar-refractivity contribution in [1.29, 1.82) is 0 Å². The number of oxime groups is 1. The van der Waals surface area contributed by atoms with Gasteiger partial charge in [0.15, 0.2) is 10.8 Å². The zero-order valence-electron chi connectivity index (χ0n) is 18.1. The normalized spacial score (nSPS) is 19.8. The summed E-state index contributed by atoms with van der Waals surface area (Å²) >= 11 is 3.50. The molecule has 186 valence electrons. The van der Waals surface area contributed by atoms with Crippen LogP contribution in [0.5, 0.6) is 0 Å². The van der Waals surface area contributed by atoms with Crippen molar-refractivity contribution in [3.8, 4) is 0 Å². The third kappa shape index (κ3) is 4.31. The Morgan fingerprint density at radius 1 is 1.42 bits per heavy atom. The molecule has 0 saturated carbocycles. The number of hydrogen-bond acceptors (Lipinski definition) is 15. The van der Waals surface area contributed by atoms with Crippen molar-refractivity contribution >= 4 is 69.3 Å². The van der Waals surface area contributed by atoms with Crippen molar-refractivity contribution in [2.24, 2.45) is 5.16 Å². The van der Waals surface area contributed by atoms with E-state index < -0.39 is 29.2 Å². The molecule has 1 saturated heterocycles. The molecule has 0 aliphatic carbocycles. The molecule has 1 fully saturated rings. The number of nitrogens with two attached hydrogens (primary N) is 1. The SMILES string of the molecule is CON=C(C(=O)NC1C(=O)N2C(C(=O)O)=C(CSc3ccc4nnnn4n3)CS[C@H]12)c1nsc(N)n1. The Kier molecular flexibility index (Phi) is 6.41. The molecule has 2 atom stereocenters. The molecular formula is C17H15N11O5S3. The summed E-state index contributed by atoms with van der Waals surface area (Å²) in [4.78, 5) is 47.6. The zero-order chi connectivity index (χ0) is 25.4. The predicted octanol–water partition coefficient (Wildman–Crippen LogP) is -1.17. The van der Waals surface area contributed by atoms with Gasteiger partial charge in [-0.2, -0.15) is 9.36 Å². The van der Waals surface area contributed by atoms with E-state index in [1.54, 1.807) is 12.1 Å². The maximum absolute atomic E-state index is 12.9. The van der Waals surface area contributed by atoms with Crippen molar-refractivity contribution < 1.29 is 24.3 Å². The van der Waals surface area contributed by atoms with E-state index in [4.69, 9.17) is 10.6 Å². The van der Waals surface area contributed by atoms with Crippen LogP contribution in [0, 0.1) is 0 Å². The van der Waals surface area contributed by atoms with Gasteiger partial charge in [-0.1, -0.05) is 5.16 Å². The molecule has 5 heterocycles. The number of thioether (sulfide) groups is 2. The number of tetrazole rings is 1. The van der Waals surface area contributed by atoms with Crippen LogP contribution in [0.2, 0.25) is 0 Å². The number of nitrogens with zero attached hydrogens (tertiary/aromatic N) is 9. The summed E-state index contributed by atoms with van der Waals surface area (Å²) in [6.07, 6.45) is 0. The fourth-order valence-corrected chi connectivity index (χ4v) is 6.25. The highest BCUT2D eigenvalue weighted by Crippen LogP contribution is 2.41. The van der Waals surface area contributed by atoms with Gasteiger partial charge in [0.25, 0.3) is 11.8 Å². The van der Waals surface area contributed by atoms with Gasteiger partial charge >= 0.3 is 5.97 Å². The van der Waals surface area contributed by atoms with Gasteiger partial charge in [0, 0.05) is 23.0 Å². The van der Waals surface area contributed by atoms with Crippen molar-refractivity contribution in [2.75, 3.05) is 24.3 Å². The van der Waals surface area contributed by atoms with Gasteiger partial charge in [0.05, 0.1) is 0 Å². The summed E-state index contributed by atoms with van der Waals surface area (Å²) in [5, 5.41) is 31.5. The van der Waals surface area contributed by atoms with Crippen LogP contribution in [0.4, 0.5) is 5.13 Å². The van der Waals surface area contributed by atoms with E-state index in [1.807, 2.05) is 0 Å². The fraction of sp³-hybridized carbons (Fsp3) is 0.294. The second-order valence-electron chi connectivity index (χ2n) is 7.18. The number of nitrogens with one attached hydrogen (secondary N) is 1. The minimum Gasteiger partial charge on any atom is -0.477 e. The Balaban J connectivity index is 1.30. The topological polar surface area (TPSA) is 216 Å². The van der Waals surface area contributed by atoms with Gasteiger partial charge in [-0.3, -0.25) is 14.5 Å². The minimum absolute atomic E-state index is 0.0457. The third-order valence-corrected chi connectivity index (χ3v) is 7.92. The number of rotatable bonds is 8. The average Bonchev–Trinajstić information content (AvgIpc) is 3.51. The number of β-lactam (4-membered cyclic amide) rings is 1. The number of amides is 2. The van der Waals surface area contributed by atoms with E-state index in [9.17, 15) is 19.5 Å². The largest absolute Gasteiger partial charge is 0.477 e. The summed E-state index contributed by atoms with van der Waals surface area (Å²) < 4.78 is 5.21. The molecule has 3 aromatic rings. The maximum atomic E-state index is 12.9. The third-order valence-electron chi connectivity index (χ3n) is 5.03. The first-order chi connectivity index (χ1) is 17.4. The lowest BCUT2D eigenvalue weighted by molar-refractivity contribution is -0.150. The highest BCUT2D eigenvalue weighted by Gasteiger charge is 2.54. The number of hydrogen-bond donors (Lipinski definition) is 3. The molecule has 19 heteroatoms. The van der Waals surface area contributed by atoms with E-state index in [0.29, 0.717) is 22.0 Å². The molecule has 3 aromatic heterocycles. The summed E-state index contributed by atoms with van der Waals surface area (Å²) in [7, 11) is 1.25. The van der Waals surface area contributed by atoms with Crippen molar-refractivity contribution in [2.45, 2.75) is 16.4 Å². The number of fused-ring (bicyclic) bond motifs is 2. The quantitative estimate of drug-likeness (QED) is 0.131. The van der Waals surface area contributed by atoms with Gasteiger partial charge in [0.1, 0.15) is 29.2 Å². The van der Waals surface area contributed by atoms with Crippen molar-refractivity contribution in [1.82, 2.24) is 44.8 Å². The van der Waals surface area contributed by atoms with E-state index in [0.717, 1.165) is 11.5 Å². The van der Waals surface area contributed by atoms with Crippen LogP contribution in [0.15, 0.2) is 33.6 Å². The Morgan fingerprint density at radius 2 is 2.25 bits per heavy atom. The number of carbonyl (C=O) groups excluding carboxylic acids is 2. The lowest BCUT2D eigenvalue weighted by Crippen LogP contribution is -2.71. The van der Waals surface area contributed by atoms with Crippen LogP contribution < -0.4 is 11.1 Å². The lowest BCUT2D eigenvalue weighted by atomic mass is 10.0. The molecule has 36 heavy (non-hydrogen) atoms. The number of carbonyl (C=O) groups is 3. The molecule has 0 spiro atoms. The summed E-state index contributed by atoms with van der Waals surface area (Å²) in [6, 6.07) is 2.45. The first kappa shape index (κ1) is 23.9. The first-order valence-corrected chi connectivity index (χ1v) is 12.8. The molecule has 1 unspecified atom stereocenters. The fourth-order valence-electron chi connectivity index (χ4n) is 3.48. The average molecular weight is 550 g/mol. The summed E-state index contributed by atoms with van der Waals surface area (Å²) in [5.74, 6) is -1.97. The Labute approximate surface area is 213 Å². The highest BCUT2D eigenvalue weighted by molar-refractivity contribution is 8.01. The smallest absolute Gasteiger partial charge is 0.352 e. The number of aromatic nitrogens is 7. The van der Waals surface area contributed by atoms with Gasteiger partial charge in [-0.25, -0.2) is 4.79 Å². The van der Waals surface area contributed by atoms with Crippen molar-refractivity contribution in [3.63, 3.8) is 0 Å². The minimum atomic E-state index is -1.23. The Hall–Kier alpha value is -3.84. The summed E-state index contributed by atoms with van der Waals surface area (Å²) in [5.41, 5.74) is 6.24. The first-order valence-electron chi connectivity index (χ1n) is 9.97. The van der Waals surface area contributed by atoms with E-state index in [1.165, 1.54) is 40.2 Å². The highest BCUT2D eigenvalue weighted by atomic mass is 32.2. The molecule has 16 nitrogen and oxygen atoms in total. The van der Waals surface area contributed by atoms with E-state index >= 15 is 0 Å². The van der Waals surface area contributed by atoms with Crippen LogP contribution in [0.25, 0.3) is 5.65 Å². The molecule has 2 aliphatic heterocycles.